The van der Waals surface area contributed by atoms with Crippen LogP contribution in [0.3, 0.4) is 0 Å². The van der Waals surface area contributed by atoms with Gasteiger partial charge >= 0.3 is 0 Å². The third kappa shape index (κ3) is 5.54. The van der Waals surface area contributed by atoms with E-state index in [1.807, 2.05) is 39.8 Å². The molecule has 0 radical (unpaired) electrons. The summed E-state index contributed by atoms with van der Waals surface area (Å²) in [6.45, 7) is 8.95. The van der Waals surface area contributed by atoms with Gasteiger partial charge in [-0.3, -0.25) is 4.79 Å². The SMILES string of the molecule is CCOc1cc(C(=O)NC(C)c2ccc(Cl)cc2)cc(OCC)c1OCC. The standard InChI is InChI=1S/C21H26ClNO4/c1-5-25-18-12-16(13-19(26-6-2)20(18)27-7-3)21(24)23-14(4)15-8-10-17(22)11-9-15/h8-14H,5-7H2,1-4H3,(H,23,24). The molecule has 1 N–H and O–H groups in total. The minimum Gasteiger partial charge on any atom is -0.490 e. The lowest BCUT2D eigenvalue weighted by atomic mass is 10.1. The molecule has 0 fully saturated rings. The minimum absolute atomic E-state index is 0.174. The normalized spacial score (nSPS) is 11.6. The van der Waals surface area contributed by atoms with Gasteiger partial charge in [0.1, 0.15) is 0 Å². The summed E-state index contributed by atoms with van der Waals surface area (Å²) in [5, 5.41) is 3.65. The highest BCUT2D eigenvalue weighted by Crippen LogP contribution is 2.39. The average Bonchev–Trinajstić information content (AvgIpc) is 2.65. The van der Waals surface area contributed by atoms with Crippen molar-refractivity contribution in [1.82, 2.24) is 5.32 Å². The summed E-state index contributed by atoms with van der Waals surface area (Å²) in [6.07, 6.45) is 0. The van der Waals surface area contributed by atoms with Crippen molar-refractivity contribution in [3.63, 3.8) is 0 Å². The number of ether oxygens (including phenoxy) is 3. The Balaban J connectivity index is 2.29. The molecule has 1 amide bonds. The first-order valence-electron chi connectivity index (χ1n) is 9.12. The lowest BCUT2D eigenvalue weighted by Gasteiger charge is -2.18. The van der Waals surface area contributed by atoms with Crippen LogP contribution >= 0.6 is 11.6 Å². The Morgan fingerprint density at radius 3 is 1.96 bits per heavy atom. The number of hydrogen-bond acceptors (Lipinski definition) is 4. The van der Waals surface area contributed by atoms with E-state index >= 15 is 0 Å². The number of amides is 1. The lowest BCUT2D eigenvalue weighted by Crippen LogP contribution is -2.26. The molecule has 0 spiro atoms. The molecule has 0 heterocycles. The Morgan fingerprint density at radius 2 is 1.48 bits per heavy atom. The summed E-state index contributed by atoms with van der Waals surface area (Å²) in [5.74, 6) is 1.29. The van der Waals surface area contributed by atoms with Crippen LogP contribution in [0.25, 0.3) is 0 Å². The molecule has 0 aliphatic carbocycles. The second kappa shape index (κ2) is 10.1. The summed E-state index contributed by atoms with van der Waals surface area (Å²) in [4.78, 5) is 12.8. The van der Waals surface area contributed by atoms with E-state index in [0.29, 0.717) is 47.7 Å². The molecule has 6 heteroatoms. The molecule has 2 rings (SSSR count). The monoisotopic (exact) mass is 391 g/mol. The van der Waals surface area contributed by atoms with Crippen molar-refractivity contribution in [2.75, 3.05) is 19.8 Å². The number of carbonyl (C=O) groups is 1. The minimum atomic E-state index is -0.220. The van der Waals surface area contributed by atoms with Crippen LogP contribution in [0.2, 0.25) is 5.02 Å². The molecule has 27 heavy (non-hydrogen) atoms. The van der Waals surface area contributed by atoms with Crippen LogP contribution in [0, 0.1) is 0 Å². The first-order valence-corrected chi connectivity index (χ1v) is 9.50. The second-order valence-electron chi connectivity index (χ2n) is 5.85. The Hall–Kier alpha value is -2.40. The largest absolute Gasteiger partial charge is 0.490 e. The predicted octanol–water partition coefficient (Wildman–Crippen LogP) is 5.03. The number of carbonyl (C=O) groups excluding carboxylic acids is 1. The fraction of sp³-hybridized carbons (Fsp3) is 0.381. The zero-order valence-electron chi connectivity index (χ0n) is 16.2. The van der Waals surface area contributed by atoms with Gasteiger partial charge in [0.15, 0.2) is 11.5 Å². The summed E-state index contributed by atoms with van der Waals surface area (Å²) in [6, 6.07) is 10.6. The van der Waals surface area contributed by atoms with Crippen LogP contribution in [0.5, 0.6) is 17.2 Å². The van der Waals surface area contributed by atoms with Gasteiger partial charge in [0.25, 0.3) is 5.91 Å². The number of benzene rings is 2. The van der Waals surface area contributed by atoms with Gasteiger partial charge in [0, 0.05) is 10.6 Å². The molecule has 146 valence electrons. The van der Waals surface area contributed by atoms with Gasteiger partial charge in [-0.05, 0) is 57.5 Å². The highest BCUT2D eigenvalue weighted by Gasteiger charge is 2.19. The van der Waals surface area contributed by atoms with Crippen LogP contribution in [0.1, 0.15) is 49.7 Å². The van der Waals surface area contributed by atoms with Crippen molar-refractivity contribution in [3.8, 4) is 17.2 Å². The van der Waals surface area contributed by atoms with E-state index < -0.39 is 0 Å². The van der Waals surface area contributed by atoms with Crippen molar-refractivity contribution >= 4 is 17.5 Å². The van der Waals surface area contributed by atoms with Crippen molar-refractivity contribution in [3.05, 3.63) is 52.5 Å². The molecule has 0 aliphatic heterocycles. The smallest absolute Gasteiger partial charge is 0.252 e. The van der Waals surface area contributed by atoms with E-state index in [-0.39, 0.29) is 11.9 Å². The highest BCUT2D eigenvalue weighted by atomic mass is 35.5. The summed E-state index contributed by atoms with van der Waals surface area (Å²) >= 11 is 5.93. The molecule has 0 saturated carbocycles. The highest BCUT2D eigenvalue weighted by molar-refractivity contribution is 6.30. The fourth-order valence-corrected chi connectivity index (χ4v) is 2.76. The van der Waals surface area contributed by atoms with Gasteiger partial charge in [-0.25, -0.2) is 0 Å². The van der Waals surface area contributed by atoms with Crippen molar-refractivity contribution in [2.45, 2.75) is 33.7 Å². The number of halogens is 1. The topological polar surface area (TPSA) is 56.8 Å². The van der Waals surface area contributed by atoms with Crippen LogP contribution in [0.15, 0.2) is 36.4 Å². The zero-order chi connectivity index (χ0) is 19.8. The molecule has 0 aromatic heterocycles. The third-order valence-electron chi connectivity index (χ3n) is 3.89. The first-order chi connectivity index (χ1) is 13.0. The van der Waals surface area contributed by atoms with Gasteiger partial charge in [-0.1, -0.05) is 23.7 Å². The van der Waals surface area contributed by atoms with E-state index in [0.717, 1.165) is 5.56 Å². The lowest BCUT2D eigenvalue weighted by molar-refractivity contribution is 0.0938. The zero-order valence-corrected chi connectivity index (χ0v) is 16.9. The molecular weight excluding hydrogens is 366 g/mol. The quantitative estimate of drug-likeness (QED) is 0.651. The van der Waals surface area contributed by atoms with E-state index in [1.165, 1.54) is 0 Å². The number of hydrogen-bond donors (Lipinski definition) is 1. The molecule has 5 nitrogen and oxygen atoms in total. The van der Waals surface area contributed by atoms with E-state index in [4.69, 9.17) is 25.8 Å². The van der Waals surface area contributed by atoms with Gasteiger partial charge in [-0.2, -0.15) is 0 Å². The predicted molar refractivity (Wildman–Crippen MR) is 107 cm³/mol. The Labute approximate surface area is 165 Å². The Bertz CT molecular complexity index is 734. The van der Waals surface area contributed by atoms with Crippen molar-refractivity contribution < 1.29 is 19.0 Å². The molecule has 2 aromatic carbocycles. The van der Waals surface area contributed by atoms with E-state index in [2.05, 4.69) is 5.32 Å². The molecule has 0 bridgehead atoms. The van der Waals surface area contributed by atoms with E-state index in [1.54, 1.807) is 24.3 Å². The summed E-state index contributed by atoms with van der Waals surface area (Å²) in [5.41, 5.74) is 1.42. The Kier molecular flexibility index (Phi) is 7.80. The molecule has 2 aromatic rings. The van der Waals surface area contributed by atoms with Crippen LogP contribution in [0.4, 0.5) is 0 Å². The van der Waals surface area contributed by atoms with Crippen LogP contribution in [-0.4, -0.2) is 25.7 Å². The van der Waals surface area contributed by atoms with Crippen LogP contribution in [-0.2, 0) is 0 Å². The number of rotatable bonds is 9. The first kappa shape index (κ1) is 20.9. The van der Waals surface area contributed by atoms with Gasteiger partial charge < -0.3 is 19.5 Å². The summed E-state index contributed by atoms with van der Waals surface area (Å²) in [7, 11) is 0. The molecular formula is C21H26ClNO4. The van der Waals surface area contributed by atoms with Gasteiger partial charge in [0.2, 0.25) is 5.75 Å². The average molecular weight is 392 g/mol. The van der Waals surface area contributed by atoms with Gasteiger partial charge in [0.05, 0.1) is 25.9 Å². The molecule has 0 aliphatic rings. The third-order valence-corrected chi connectivity index (χ3v) is 4.14. The number of nitrogens with one attached hydrogen (secondary N) is 1. The van der Waals surface area contributed by atoms with E-state index in [9.17, 15) is 4.79 Å². The summed E-state index contributed by atoms with van der Waals surface area (Å²) < 4.78 is 17.0. The van der Waals surface area contributed by atoms with Crippen LogP contribution < -0.4 is 19.5 Å². The van der Waals surface area contributed by atoms with Gasteiger partial charge in [-0.15, -0.1) is 0 Å². The molecule has 1 atom stereocenters. The molecule has 1 unspecified atom stereocenters. The molecule has 0 saturated heterocycles. The Morgan fingerprint density at radius 1 is 0.963 bits per heavy atom. The second-order valence-corrected chi connectivity index (χ2v) is 6.28. The fourth-order valence-electron chi connectivity index (χ4n) is 2.63. The maximum atomic E-state index is 12.8. The van der Waals surface area contributed by atoms with Crippen molar-refractivity contribution in [1.29, 1.82) is 0 Å². The maximum absolute atomic E-state index is 12.8. The van der Waals surface area contributed by atoms with Crippen molar-refractivity contribution in [2.24, 2.45) is 0 Å². The maximum Gasteiger partial charge on any atom is 0.252 e.